The van der Waals surface area contributed by atoms with Gasteiger partial charge in [-0.25, -0.2) is 17.9 Å². The van der Waals surface area contributed by atoms with Gasteiger partial charge in [-0.3, -0.25) is 13.9 Å². The smallest absolute Gasteiger partial charge is 0.331 e. The molecule has 1 aromatic carbocycles. The second kappa shape index (κ2) is 5.77. The minimum Gasteiger partial charge on any atom is -0.381 e. The molecule has 1 aromatic heterocycles. The molecular formula is C17H21N3O5S. The third kappa shape index (κ3) is 2.89. The van der Waals surface area contributed by atoms with E-state index in [1.54, 1.807) is 7.05 Å². The van der Waals surface area contributed by atoms with E-state index in [0.717, 1.165) is 12.8 Å². The SMILES string of the molecule is Cn1c(=O)n(CC2COC2)c(=O)c2cc(S(=O)(=O)NC3(C)CC3)ccc21. The maximum absolute atomic E-state index is 12.8. The predicted octanol–water partition coefficient (Wildman–Crippen LogP) is 0.177. The van der Waals surface area contributed by atoms with Crippen LogP contribution in [0.1, 0.15) is 19.8 Å². The topological polar surface area (TPSA) is 99.4 Å². The van der Waals surface area contributed by atoms with Crippen molar-refractivity contribution >= 4 is 20.9 Å². The van der Waals surface area contributed by atoms with E-state index in [9.17, 15) is 18.0 Å². The van der Waals surface area contributed by atoms with E-state index in [0.29, 0.717) is 18.7 Å². The fraction of sp³-hybridized carbons (Fsp3) is 0.529. The molecule has 1 aliphatic heterocycles. The number of sulfonamides is 1. The van der Waals surface area contributed by atoms with Gasteiger partial charge in [-0.05, 0) is 38.0 Å². The summed E-state index contributed by atoms with van der Waals surface area (Å²) in [6, 6.07) is 4.30. The summed E-state index contributed by atoms with van der Waals surface area (Å²) < 4.78 is 35.5. The Morgan fingerprint density at radius 3 is 2.54 bits per heavy atom. The average molecular weight is 379 g/mol. The molecule has 1 aliphatic carbocycles. The minimum atomic E-state index is -3.72. The molecule has 26 heavy (non-hydrogen) atoms. The second-order valence-corrected chi connectivity index (χ2v) is 9.19. The molecule has 0 atom stereocenters. The Balaban J connectivity index is 1.84. The quantitative estimate of drug-likeness (QED) is 0.799. The molecule has 2 aromatic rings. The number of aromatic nitrogens is 2. The molecule has 4 rings (SSSR count). The zero-order valence-corrected chi connectivity index (χ0v) is 15.5. The molecule has 0 amide bonds. The average Bonchev–Trinajstić information content (AvgIpc) is 3.26. The number of fused-ring (bicyclic) bond motifs is 1. The van der Waals surface area contributed by atoms with Gasteiger partial charge in [-0.15, -0.1) is 0 Å². The minimum absolute atomic E-state index is 0.0346. The van der Waals surface area contributed by atoms with Crippen molar-refractivity contribution in [3.63, 3.8) is 0 Å². The fourth-order valence-electron chi connectivity index (χ4n) is 3.14. The van der Waals surface area contributed by atoms with Crippen LogP contribution in [0.25, 0.3) is 10.9 Å². The number of hydrogen-bond acceptors (Lipinski definition) is 5. The van der Waals surface area contributed by atoms with Crippen molar-refractivity contribution in [2.75, 3.05) is 13.2 Å². The predicted molar refractivity (Wildman–Crippen MR) is 95.7 cm³/mol. The number of hydrogen-bond donors (Lipinski definition) is 1. The molecule has 2 fully saturated rings. The molecule has 8 nitrogen and oxygen atoms in total. The second-order valence-electron chi connectivity index (χ2n) is 7.51. The van der Waals surface area contributed by atoms with Crippen LogP contribution in [-0.4, -0.2) is 36.3 Å². The highest BCUT2D eigenvalue weighted by molar-refractivity contribution is 7.89. The molecule has 1 saturated carbocycles. The van der Waals surface area contributed by atoms with E-state index < -0.39 is 26.8 Å². The van der Waals surface area contributed by atoms with Crippen LogP contribution in [0.15, 0.2) is 32.7 Å². The summed E-state index contributed by atoms with van der Waals surface area (Å²) in [7, 11) is -2.14. The summed E-state index contributed by atoms with van der Waals surface area (Å²) >= 11 is 0. The van der Waals surface area contributed by atoms with Crippen LogP contribution in [-0.2, 0) is 28.4 Å². The van der Waals surface area contributed by atoms with Crippen LogP contribution in [0.2, 0.25) is 0 Å². The first-order valence-corrected chi connectivity index (χ1v) is 10.0. The summed E-state index contributed by atoms with van der Waals surface area (Å²) in [5, 5.41) is 0.219. The number of benzene rings is 1. The Morgan fingerprint density at radius 1 is 1.27 bits per heavy atom. The molecular weight excluding hydrogens is 358 g/mol. The Hall–Kier alpha value is -1.97. The van der Waals surface area contributed by atoms with E-state index >= 15 is 0 Å². The van der Waals surface area contributed by atoms with Crippen molar-refractivity contribution in [1.29, 1.82) is 0 Å². The molecule has 0 bridgehead atoms. The highest BCUT2D eigenvalue weighted by atomic mass is 32.2. The normalized spacial score (nSPS) is 19.5. The lowest BCUT2D eigenvalue weighted by Crippen LogP contribution is -2.44. The summed E-state index contributed by atoms with van der Waals surface area (Å²) in [5.74, 6) is 0.126. The van der Waals surface area contributed by atoms with E-state index in [4.69, 9.17) is 4.74 Å². The highest BCUT2D eigenvalue weighted by Crippen LogP contribution is 2.36. The number of ether oxygens (including phenoxy) is 1. The lowest BCUT2D eigenvalue weighted by atomic mass is 10.1. The summed E-state index contributed by atoms with van der Waals surface area (Å²) in [5.41, 5.74) is -0.863. The maximum Gasteiger partial charge on any atom is 0.331 e. The van der Waals surface area contributed by atoms with Crippen LogP contribution in [0.3, 0.4) is 0 Å². The summed E-state index contributed by atoms with van der Waals surface area (Å²) in [6.45, 7) is 3.16. The van der Waals surface area contributed by atoms with E-state index in [1.807, 2.05) is 6.92 Å². The Labute approximate surface area is 150 Å². The first-order chi connectivity index (χ1) is 12.2. The lowest BCUT2D eigenvalue weighted by molar-refractivity contribution is -0.0403. The van der Waals surface area contributed by atoms with Gasteiger partial charge in [0.15, 0.2) is 0 Å². The van der Waals surface area contributed by atoms with Crippen LogP contribution in [0.5, 0.6) is 0 Å². The van der Waals surface area contributed by atoms with Crippen molar-refractivity contribution in [2.24, 2.45) is 13.0 Å². The number of nitrogens with one attached hydrogen (secondary N) is 1. The number of nitrogens with zero attached hydrogens (tertiary/aromatic N) is 2. The van der Waals surface area contributed by atoms with Crippen LogP contribution < -0.4 is 16.0 Å². The van der Waals surface area contributed by atoms with Crippen molar-refractivity contribution in [2.45, 2.75) is 36.7 Å². The van der Waals surface area contributed by atoms with E-state index in [2.05, 4.69) is 4.72 Å². The van der Waals surface area contributed by atoms with Gasteiger partial charge < -0.3 is 4.74 Å². The molecule has 1 N–H and O–H groups in total. The van der Waals surface area contributed by atoms with Crippen LogP contribution in [0.4, 0.5) is 0 Å². The monoisotopic (exact) mass is 379 g/mol. The Morgan fingerprint density at radius 2 is 1.96 bits per heavy atom. The summed E-state index contributed by atoms with van der Waals surface area (Å²) in [6.07, 6.45) is 1.59. The molecule has 2 heterocycles. The zero-order chi connectivity index (χ0) is 18.7. The molecule has 0 spiro atoms. The molecule has 1 saturated heterocycles. The van der Waals surface area contributed by atoms with Gasteiger partial charge in [0.25, 0.3) is 5.56 Å². The maximum atomic E-state index is 12.8. The Kier molecular flexibility index (Phi) is 3.87. The van der Waals surface area contributed by atoms with Crippen molar-refractivity contribution in [3.8, 4) is 0 Å². The number of rotatable bonds is 5. The van der Waals surface area contributed by atoms with Crippen molar-refractivity contribution in [3.05, 3.63) is 39.0 Å². The molecule has 9 heteroatoms. The largest absolute Gasteiger partial charge is 0.381 e. The number of aryl methyl sites for hydroxylation is 1. The molecule has 2 aliphatic rings. The van der Waals surface area contributed by atoms with Gasteiger partial charge in [-0.2, -0.15) is 0 Å². The first-order valence-electron chi connectivity index (χ1n) is 8.55. The van der Waals surface area contributed by atoms with Crippen molar-refractivity contribution < 1.29 is 13.2 Å². The molecule has 0 unspecified atom stereocenters. The lowest BCUT2D eigenvalue weighted by Gasteiger charge is -2.26. The van der Waals surface area contributed by atoms with Gasteiger partial charge in [0, 0.05) is 25.0 Å². The van der Waals surface area contributed by atoms with Gasteiger partial charge in [0.05, 0.1) is 29.0 Å². The standard InChI is InChI=1S/C17H21N3O5S/c1-17(5-6-17)18-26(23,24)12-3-4-14-13(7-12)15(21)20(16(22)19(14)2)8-11-9-25-10-11/h3-4,7,11,18H,5-6,8-10H2,1-2H3. The molecule has 0 radical (unpaired) electrons. The van der Waals surface area contributed by atoms with E-state index in [-0.39, 0.29) is 22.7 Å². The highest BCUT2D eigenvalue weighted by Gasteiger charge is 2.41. The fourth-order valence-corrected chi connectivity index (χ4v) is 4.64. The van der Waals surface area contributed by atoms with Gasteiger partial charge in [0.2, 0.25) is 10.0 Å². The summed E-state index contributed by atoms with van der Waals surface area (Å²) in [4.78, 5) is 25.4. The molecule has 140 valence electrons. The zero-order valence-electron chi connectivity index (χ0n) is 14.7. The van der Waals surface area contributed by atoms with E-state index in [1.165, 1.54) is 27.3 Å². The van der Waals surface area contributed by atoms with Crippen molar-refractivity contribution in [1.82, 2.24) is 13.9 Å². The van der Waals surface area contributed by atoms with Gasteiger partial charge >= 0.3 is 5.69 Å². The third-order valence-electron chi connectivity index (χ3n) is 5.16. The van der Waals surface area contributed by atoms with Crippen LogP contribution >= 0.6 is 0 Å². The Bertz CT molecular complexity index is 1110. The van der Waals surface area contributed by atoms with Gasteiger partial charge in [-0.1, -0.05) is 0 Å². The van der Waals surface area contributed by atoms with Crippen LogP contribution in [0, 0.1) is 5.92 Å². The first kappa shape index (κ1) is 17.4. The van der Waals surface area contributed by atoms with Gasteiger partial charge in [0.1, 0.15) is 0 Å². The third-order valence-corrected chi connectivity index (χ3v) is 6.80.